The maximum atomic E-state index is 9.10. The first-order chi connectivity index (χ1) is 10.4. The number of hydrogen-bond acceptors (Lipinski definition) is 4. The van der Waals surface area contributed by atoms with E-state index in [1.165, 1.54) is 12.5 Å². The Morgan fingerprint density at radius 2 is 1.76 bits per heavy atom. The van der Waals surface area contributed by atoms with Gasteiger partial charge in [0.1, 0.15) is 12.3 Å². The monoisotopic (exact) mass is 275 g/mol. The van der Waals surface area contributed by atoms with Gasteiger partial charge in [-0.2, -0.15) is 5.26 Å². The van der Waals surface area contributed by atoms with Crippen LogP contribution >= 0.6 is 0 Å². The lowest BCUT2D eigenvalue weighted by Gasteiger charge is -2.05. The van der Waals surface area contributed by atoms with Gasteiger partial charge in [-0.25, -0.2) is 4.98 Å². The van der Waals surface area contributed by atoms with Crippen molar-refractivity contribution in [1.29, 1.82) is 5.26 Å². The number of pyridine rings is 1. The summed E-state index contributed by atoms with van der Waals surface area (Å²) in [5.41, 5.74) is 1.01. The van der Waals surface area contributed by atoms with Crippen molar-refractivity contribution >= 4 is 12.3 Å². The first kappa shape index (κ1) is 14.2. The number of nitriles is 1. The van der Waals surface area contributed by atoms with E-state index in [-0.39, 0.29) is 5.69 Å². The van der Waals surface area contributed by atoms with Crippen molar-refractivity contribution in [2.75, 3.05) is 0 Å². The van der Waals surface area contributed by atoms with Crippen LogP contribution in [0.4, 0.5) is 0 Å². The lowest BCUT2D eigenvalue weighted by molar-refractivity contribution is 0.474. The lowest BCUT2D eigenvalue weighted by Crippen LogP contribution is -1.93. The highest BCUT2D eigenvalue weighted by Gasteiger charge is 2.07. The largest absolute Gasteiger partial charge is 0.460 e. The summed E-state index contributed by atoms with van der Waals surface area (Å²) in [7, 11) is 0. The Bertz CT molecular complexity index is 701. The van der Waals surface area contributed by atoms with Gasteiger partial charge in [-0.3, -0.25) is 4.99 Å². The third-order valence-corrected chi connectivity index (χ3v) is 2.49. The molecule has 0 aromatic carbocycles. The second-order valence-corrected chi connectivity index (χ2v) is 3.90. The molecule has 2 heterocycles. The first-order valence-electron chi connectivity index (χ1n) is 6.32. The van der Waals surface area contributed by atoms with E-state index in [9.17, 15) is 0 Å². The molecule has 4 heteroatoms. The van der Waals surface area contributed by atoms with Gasteiger partial charge >= 0.3 is 0 Å². The minimum atomic E-state index is 0.235. The second kappa shape index (κ2) is 8.08. The van der Waals surface area contributed by atoms with Crippen LogP contribution in [0.25, 0.3) is 6.08 Å². The van der Waals surface area contributed by atoms with Crippen molar-refractivity contribution in [2.45, 2.75) is 0 Å². The average Bonchev–Trinajstić information content (AvgIpc) is 2.52. The van der Waals surface area contributed by atoms with Gasteiger partial charge in [-0.05, 0) is 12.1 Å². The van der Waals surface area contributed by atoms with Gasteiger partial charge in [-0.15, -0.1) is 0 Å². The highest BCUT2D eigenvalue weighted by Crippen LogP contribution is 2.23. The molecular formula is C17H13N3O. The molecule has 1 aliphatic heterocycles. The topological polar surface area (TPSA) is 58.3 Å². The average molecular weight is 275 g/mol. The molecule has 1 aromatic rings. The molecule has 0 amide bonds. The minimum absolute atomic E-state index is 0.235. The fraction of sp³-hybridized carbons (Fsp3) is 0. The quantitative estimate of drug-likeness (QED) is 0.727. The van der Waals surface area contributed by atoms with Gasteiger partial charge < -0.3 is 4.74 Å². The molecule has 0 radical (unpaired) electrons. The summed E-state index contributed by atoms with van der Waals surface area (Å²) in [6, 6.07) is 3.80. The molecule has 0 fully saturated rings. The zero-order valence-electron chi connectivity index (χ0n) is 11.3. The lowest BCUT2D eigenvalue weighted by atomic mass is 10.2. The van der Waals surface area contributed by atoms with E-state index in [1.54, 1.807) is 24.6 Å². The minimum Gasteiger partial charge on any atom is -0.460 e. The van der Waals surface area contributed by atoms with Crippen LogP contribution in [0.15, 0.2) is 72.2 Å². The predicted molar refractivity (Wildman–Crippen MR) is 83.7 cm³/mol. The van der Waals surface area contributed by atoms with Crippen molar-refractivity contribution in [2.24, 2.45) is 4.99 Å². The number of nitrogens with zero attached hydrogens (tertiary/aromatic N) is 3. The normalized spacial score (nSPS) is 23.0. The molecule has 0 spiro atoms. The summed E-state index contributed by atoms with van der Waals surface area (Å²) in [6.45, 7) is 0. The fourth-order valence-corrected chi connectivity index (χ4v) is 1.56. The van der Waals surface area contributed by atoms with Gasteiger partial charge in [0.25, 0.3) is 0 Å². The molecule has 0 N–H and O–H groups in total. The molecule has 4 nitrogen and oxygen atoms in total. The number of hydrogen-bond donors (Lipinski definition) is 0. The summed E-state index contributed by atoms with van der Waals surface area (Å²) in [6.07, 6.45) is 21.2. The van der Waals surface area contributed by atoms with Crippen molar-refractivity contribution in [1.82, 2.24) is 4.98 Å². The van der Waals surface area contributed by atoms with Crippen LogP contribution in [0.5, 0.6) is 5.75 Å². The summed E-state index contributed by atoms with van der Waals surface area (Å²) in [5.74, 6) is 0.414. The summed E-state index contributed by atoms with van der Waals surface area (Å²) in [5, 5.41) is 9.10. The van der Waals surface area contributed by atoms with Crippen molar-refractivity contribution < 1.29 is 4.74 Å². The number of rotatable bonds is 0. The molecule has 0 saturated heterocycles. The van der Waals surface area contributed by atoms with Crippen molar-refractivity contribution in [3.05, 3.63) is 78.5 Å². The van der Waals surface area contributed by atoms with Crippen LogP contribution in [0.2, 0.25) is 0 Å². The molecular weight excluding hydrogens is 262 g/mol. The smallest absolute Gasteiger partial charge is 0.183 e. The maximum Gasteiger partial charge on any atom is 0.183 e. The molecule has 1 aliphatic rings. The molecule has 2 rings (SSSR count). The molecule has 102 valence electrons. The Hall–Kier alpha value is -3.19. The summed E-state index contributed by atoms with van der Waals surface area (Å²) < 4.78 is 5.49. The molecule has 21 heavy (non-hydrogen) atoms. The van der Waals surface area contributed by atoms with E-state index in [0.717, 1.165) is 5.56 Å². The number of ether oxygens (including phenoxy) is 1. The van der Waals surface area contributed by atoms with Gasteiger partial charge in [0, 0.05) is 18.0 Å². The van der Waals surface area contributed by atoms with Gasteiger partial charge in [0.05, 0.1) is 6.20 Å². The zero-order valence-corrected chi connectivity index (χ0v) is 11.3. The number of allylic oxidation sites excluding steroid dienone is 7. The van der Waals surface area contributed by atoms with Crippen LogP contribution in [0.1, 0.15) is 11.3 Å². The predicted octanol–water partition coefficient (Wildman–Crippen LogP) is 3.57. The highest BCUT2D eigenvalue weighted by atomic mass is 16.5. The fourth-order valence-electron chi connectivity index (χ4n) is 1.56. The van der Waals surface area contributed by atoms with Crippen LogP contribution in [0, 0.1) is 11.3 Å². The number of aromatic nitrogens is 1. The Labute approximate surface area is 123 Å². The molecule has 0 saturated carbocycles. The van der Waals surface area contributed by atoms with E-state index >= 15 is 0 Å². The van der Waals surface area contributed by atoms with Crippen LogP contribution in [-0.2, 0) is 0 Å². The first-order valence-corrected chi connectivity index (χ1v) is 6.32. The Kier molecular flexibility index (Phi) is 5.47. The van der Waals surface area contributed by atoms with E-state index in [1.807, 2.05) is 48.6 Å². The van der Waals surface area contributed by atoms with E-state index in [4.69, 9.17) is 10.00 Å². The molecule has 0 aliphatic carbocycles. The number of fused-ring (bicyclic) bond motifs is 1. The highest BCUT2D eigenvalue weighted by molar-refractivity contribution is 5.72. The molecule has 0 unspecified atom stereocenters. The van der Waals surface area contributed by atoms with Crippen molar-refractivity contribution in [3.8, 4) is 11.8 Å². The summed E-state index contributed by atoms with van der Waals surface area (Å²) in [4.78, 5) is 8.01. The van der Waals surface area contributed by atoms with Gasteiger partial charge in [0.2, 0.25) is 0 Å². The third-order valence-electron chi connectivity index (χ3n) is 2.49. The third kappa shape index (κ3) is 4.44. The zero-order chi connectivity index (χ0) is 14.8. The van der Waals surface area contributed by atoms with Gasteiger partial charge in [0.15, 0.2) is 11.4 Å². The summed E-state index contributed by atoms with van der Waals surface area (Å²) >= 11 is 0. The van der Waals surface area contributed by atoms with Gasteiger partial charge in [-0.1, -0.05) is 42.5 Å². The van der Waals surface area contributed by atoms with Crippen LogP contribution < -0.4 is 4.74 Å². The Morgan fingerprint density at radius 1 is 1.00 bits per heavy atom. The second-order valence-electron chi connectivity index (χ2n) is 3.90. The molecule has 1 aromatic heterocycles. The maximum absolute atomic E-state index is 9.10. The SMILES string of the molecule is N#Cc1nccc2c1O\C=C/N=C/C=C\C=C/C=C\C=C/2. The molecule has 0 atom stereocenters. The standard InChI is InChI=1S/C17H13N3O/c18-14-16-17-15(9-11-20-16)8-6-4-2-1-3-5-7-10-19-12-13-21-17/h1-13H/b3-1-,4-2-,7-5-,8-6-,13-12-,19-10+. The molecule has 0 bridgehead atoms. The van der Waals surface area contributed by atoms with E-state index < -0.39 is 0 Å². The van der Waals surface area contributed by atoms with E-state index in [0.29, 0.717) is 5.75 Å². The van der Waals surface area contributed by atoms with Crippen molar-refractivity contribution in [3.63, 3.8) is 0 Å². The Balaban J connectivity index is 2.39. The van der Waals surface area contributed by atoms with Crippen LogP contribution in [0.3, 0.4) is 0 Å². The Morgan fingerprint density at radius 3 is 2.57 bits per heavy atom. The number of aliphatic imine (C=N–C) groups is 1. The van der Waals surface area contributed by atoms with E-state index in [2.05, 4.69) is 9.98 Å². The van der Waals surface area contributed by atoms with Crippen LogP contribution in [-0.4, -0.2) is 11.2 Å².